The predicted octanol–water partition coefficient (Wildman–Crippen LogP) is 0.313. The zero-order valence-electron chi connectivity index (χ0n) is 8.24. The van der Waals surface area contributed by atoms with E-state index in [0.29, 0.717) is 5.92 Å². The quantitative estimate of drug-likeness (QED) is 0.636. The molecule has 0 aromatic carbocycles. The van der Waals surface area contributed by atoms with Crippen LogP contribution in [0.4, 0.5) is 0 Å². The fourth-order valence-corrected chi connectivity index (χ4v) is 2.02. The van der Waals surface area contributed by atoms with Gasteiger partial charge in [-0.05, 0) is 43.8 Å². The first-order chi connectivity index (χ1) is 6.86. The number of nitrogens with zero attached hydrogens (tertiary/aromatic N) is 1. The first kappa shape index (κ1) is 9.68. The van der Waals surface area contributed by atoms with E-state index in [1.807, 2.05) is 12.4 Å². The molecular weight excluding hydrogens is 178 g/mol. The van der Waals surface area contributed by atoms with Gasteiger partial charge in [0.25, 0.3) is 0 Å². The van der Waals surface area contributed by atoms with Crippen molar-refractivity contribution < 1.29 is 5.11 Å². The van der Waals surface area contributed by atoms with Gasteiger partial charge in [0, 0.05) is 6.20 Å². The fourth-order valence-electron chi connectivity index (χ4n) is 2.02. The molecule has 2 heterocycles. The lowest BCUT2D eigenvalue weighted by Crippen LogP contribution is -2.21. The second-order valence-electron chi connectivity index (χ2n) is 3.97. The van der Waals surface area contributed by atoms with Crippen molar-refractivity contribution in [3.8, 4) is 0 Å². The maximum Gasteiger partial charge on any atom is 0.0584 e. The fraction of sp³-hybridized carbons (Fsp3) is 0.700. The number of aromatic nitrogens is 2. The van der Waals surface area contributed by atoms with Crippen molar-refractivity contribution in [2.75, 3.05) is 13.1 Å². The van der Waals surface area contributed by atoms with Gasteiger partial charge in [0.05, 0.1) is 12.3 Å². The Kier molecular flexibility index (Phi) is 3.16. The lowest BCUT2D eigenvalue weighted by Gasteiger charge is -2.18. The molecule has 78 valence electrons. The van der Waals surface area contributed by atoms with Gasteiger partial charge in [0.15, 0.2) is 0 Å². The number of rotatable bonds is 2. The molecule has 2 unspecified atom stereocenters. The van der Waals surface area contributed by atoms with Crippen molar-refractivity contribution in [3.63, 3.8) is 0 Å². The Morgan fingerprint density at radius 1 is 1.43 bits per heavy atom. The third kappa shape index (κ3) is 2.33. The number of aliphatic hydroxyl groups excluding tert-OH is 1. The minimum absolute atomic E-state index is 0.167. The minimum atomic E-state index is -0.167. The first-order valence-corrected chi connectivity index (χ1v) is 5.22. The molecule has 0 bridgehead atoms. The molecule has 1 aromatic rings. The molecule has 1 aliphatic heterocycles. The van der Waals surface area contributed by atoms with Crippen LogP contribution in [0.15, 0.2) is 12.4 Å². The summed E-state index contributed by atoms with van der Waals surface area (Å²) in [7, 11) is 0. The molecule has 1 aromatic heterocycles. The van der Waals surface area contributed by atoms with E-state index < -0.39 is 0 Å². The Labute approximate surface area is 83.7 Å². The summed E-state index contributed by atoms with van der Waals surface area (Å²) >= 11 is 0. The van der Waals surface area contributed by atoms with E-state index >= 15 is 0 Å². The Hall–Kier alpha value is -0.870. The summed E-state index contributed by atoms with van der Waals surface area (Å²) in [6.45, 7) is 1.95. The number of aliphatic hydroxyl groups is 1. The van der Waals surface area contributed by atoms with Crippen molar-refractivity contribution in [2.24, 2.45) is 5.92 Å². The Morgan fingerprint density at radius 3 is 3.07 bits per heavy atom. The van der Waals surface area contributed by atoms with Crippen LogP contribution in [0, 0.1) is 5.92 Å². The van der Waals surface area contributed by atoms with Crippen LogP contribution in [0.3, 0.4) is 0 Å². The summed E-state index contributed by atoms with van der Waals surface area (Å²) in [5, 5.41) is 19.9. The van der Waals surface area contributed by atoms with E-state index in [1.165, 1.54) is 5.56 Å². The van der Waals surface area contributed by atoms with E-state index in [0.717, 1.165) is 32.4 Å². The number of H-pyrrole nitrogens is 1. The molecule has 4 nitrogen and oxygen atoms in total. The van der Waals surface area contributed by atoms with Gasteiger partial charge in [-0.15, -0.1) is 0 Å². The zero-order valence-corrected chi connectivity index (χ0v) is 8.24. The maximum atomic E-state index is 9.88. The SMILES string of the molecule is OC1CCNCCC1Cc1cn[nH]c1. The van der Waals surface area contributed by atoms with Crippen LogP contribution in [-0.4, -0.2) is 34.5 Å². The second-order valence-corrected chi connectivity index (χ2v) is 3.97. The number of nitrogens with one attached hydrogen (secondary N) is 2. The molecule has 14 heavy (non-hydrogen) atoms. The van der Waals surface area contributed by atoms with E-state index in [9.17, 15) is 5.11 Å². The van der Waals surface area contributed by atoms with Crippen molar-refractivity contribution in [1.29, 1.82) is 0 Å². The number of aromatic amines is 1. The Morgan fingerprint density at radius 2 is 2.29 bits per heavy atom. The third-order valence-electron chi connectivity index (χ3n) is 2.91. The van der Waals surface area contributed by atoms with E-state index in [2.05, 4.69) is 15.5 Å². The van der Waals surface area contributed by atoms with Gasteiger partial charge in [-0.1, -0.05) is 0 Å². The summed E-state index contributed by atoms with van der Waals surface area (Å²) in [6, 6.07) is 0. The van der Waals surface area contributed by atoms with Gasteiger partial charge in [-0.3, -0.25) is 5.10 Å². The summed E-state index contributed by atoms with van der Waals surface area (Å²) in [6.07, 6.45) is 6.42. The predicted molar refractivity (Wildman–Crippen MR) is 53.9 cm³/mol. The molecule has 0 spiro atoms. The largest absolute Gasteiger partial charge is 0.393 e. The van der Waals surface area contributed by atoms with Crippen molar-refractivity contribution in [2.45, 2.75) is 25.4 Å². The summed E-state index contributed by atoms with van der Waals surface area (Å²) < 4.78 is 0. The van der Waals surface area contributed by atoms with Gasteiger partial charge in [-0.2, -0.15) is 5.10 Å². The highest BCUT2D eigenvalue weighted by molar-refractivity contribution is 5.04. The van der Waals surface area contributed by atoms with Gasteiger partial charge in [-0.25, -0.2) is 0 Å². The van der Waals surface area contributed by atoms with Gasteiger partial charge in [0.1, 0.15) is 0 Å². The van der Waals surface area contributed by atoms with Crippen LogP contribution in [0.1, 0.15) is 18.4 Å². The van der Waals surface area contributed by atoms with Crippen molar-refractivity contribution >= 4 is 0 Å². The summed E-state index contributed by atoms with van der Waals surface area (Å²) in [5.41, 5.74) is 1.19. The molecule has 2 rings (SSSR count). The highest BCUT2D eigenvalue weighted by atomic mass is 16.3. The average molecular weight is 195 g/mol. The third-order valence-corrected chi connectivity index (χ3v) is 2.91. The highest BCUT2D eigenvalue weighted by Gasteiger charge is 2.21. The minimum Gasteiger partial charge on any atom is -0.393 e. The van der Waals surface area contributed by atoms with Crippen LogP contribution >= 0.6 is 0 Å². The second kappa shape index (κ2) is 4.57. The Bertz CT molecular complexity index is 260. The molecule has 4 heteroatoms. The summed E-state index contributed by atoms with van der Waals surface area (Å²) in [4.78, 5) is 0. The Balaban J connectivity index is 1.94. The lowest BCUT2D eigenvalue weighted by atomic mass is 9.91. The monoisotopic (exact) mass is 195 g/mol. The first-order valence-electron chi connectivity index (χ1n) is 5.22. The van der Waals surface area contributed by atoms with Crippen molar-refractivity contribution in [1.82, 2.24) is 15.5 Å². The molecule has 0 radical (unpaired) electrons. The molecule has 0 amide bonds. The van der Waals surface area contributed by atoms with Crippen LogP contribution in [0.2, 0.25) is 0 Å². The van der Waals surface area contributed by atoms with Gasteiger partial charge in [0.2, 0.25) is 0 Å². The van der Waals surface area contributed by atoms with Crippen LogP contribution < -0.4 is 5.32 Å². The molecule has 3 N–H and O–H groups in total. The lowest BCUT2D eigenvalue weighted by molar-refractivity contribution is 0.104. The molecule has 0 aliphatic carbocycles. The van der Waals surface area contributed by atoms with E-state index in [4.69, 9.17) is 0 Å². The molecule has 1 aliphatic rings. The summed E-state index contributed by atoms with van der Waals surface area (Å²) in [5.74, 6) is 0.377. The average Bonchev–Trinajstić information content (AvgIpc) is 2.60. The number of hydrogen-bond acceptors (Lipinski definition) is 3. The van der Waals surface area contributed by atoms with Crippen LogP contribution in [0.5, 0.6) is 0 Å². The zero-order chi connectivity index (χ0) is 9.80. The smallest absolute Gasteiger partial charge is 0.0584 e. The maximum absolute atomic E-state index is 9.88. The number of hydrogen-bond donors (Lipinski definition) is 3. The van der Waals surface area contributed by atoms with Crippen molar-refractivity contribution in [3.05, 3.63) is 18.0 Å². The molecule has 1 saturated heterocycles. The highest BCUT2D eigenvalue weighted by Crippen LogP contribution is 2.19. The van der Waals surface area contributed by atoms with Crippen LogP contribution in [0.25, 0.3) is 0 Å². The molecule has 1 fully saturated rings. The van der Waals surface area contributed by atoms with Crippen LogP contribution in [-0.2, 0) is 6.42 Å². The standard InChI is InChI=1S/C10H17N3O/c14-10-2-4-11-3-1-9(10)5-8-6-12-13-7-8/h6-7,9-11,14H,1-5H2,(H,12,13). The normalized spacial score (nSPS) is 28.6. The molecule has 2 atom stereocenters. The molecular formula is C10H17N3O. The van der Waals surface area contributed by atoms with Gasteiger partial charge >= 0.3 is 0 Å². The molecule has 0 saturated carbocycles. The van der Waals surface area contributed by atoms with E-state index in [1.54, 1.807) is 0 Å². The van der Waals surface area contributed by atoms with E-state index in [-0.39, 0.29) is 6.10 Å². The topological polar surface area (TPSA) is 60.9 Å². The van der Waals surface area contributed by atoms with Gasteiger partial charge < -0.3 is 10.4 Å².